The molecule has 1 N–H and O–H groups in total. The third-order valence-electron chi connectivity index (χ3n) is 7.80. The average molecular weight is 562 g/mol. The van der Waals surface area contributed by atoms with E-state index >= 15 is 0 Å². The lowest BCUT2D eigenvalue weighted by Crippen LogP contribution is -2.31. The molecule has 1 heterocycles. The number of non-ortho nitro benzene ring substituents is 1. The number of hydrogen-bond acceptors (Lipinski definition) is 7. The summed E-state index contributed by atoms with van der Waals surface area (Å²) in [5, 5.41) is 28.8. The molecule has 0 spiro atoms. The third-order valence-corrected chi connectivity index (χ3v) is 9.91. The molecule has 8 nitrogen and oxygen atoms in total. The summed E-state index contributed by atoms with van der Waals surface area (Å²) in [4.78, 5) is 23.2. The van der Waals surface area contributed by atoms with Crippen molar-refractivity contribution in [1.82, 2.24) is 0 Å². The fourth-order valence-corrected chi connectivity index (χ4v) is 8.08. The number of thioether (sulfide) groups is 1. The van der Waals surface area contributed by atoms with Crippen molar-refractivity contribution in [3.8, 4) is 5.75 Å². The number of nitro benzene ring substituents is 2. The molecule has 5 atom stereocenters. The number of anilines is 1. The van der Waals surface area contributed by atoms with E-state index in [0.29, 0.717) is 22.8 Å². The highest BCUT2D eigenvalue weighted by Crippen LogP contribution is 2.60. The maximum absolute atomic E-state index is 11.8. The van der Waals surface area contributed by atoms with E-state index in [1.165, 1.54) is 31.0 Å². The first-order valence-corrected chi connectivity index (χ1v) is 13.8. The van der Waals surface area contributed by atoms with Crippen molar-refractivity contribution in [3.05, 3.63) is 110 Å². The Morgan fingerprint density at radius 1 is 0.949 bits per heavy atom. The molecule has 198 valence electrons. The number of para-hydroxylation sites is 1. The van der Waals surface area contributed by atoms with Crippen molar-refractivity contribution in [2.75, 3.05) is 12.4 Å². The molecular weight excluding hydrogens is 538 g/mol. The van der Waals surface area contributed by atoms with Gasteiger partial charge in [0.05, 0.1) is 45.0 Å². The Bertz CT molecular complexity index is 1610. The second-order valence-corrected chi connectivity index (χ2v) is 11.6. The van der Waals surface area contributed by atoms with Gasteiger partial charge < -0.3 is 10.1 Å². The van der Waals surface area contributed by atoms with Crippen LogP contribution in [0.15, 0.2) is 83.8 Å². The number of rotatable bonds is 6. The summed E-state index contributed by atoms with van der Waals surface area (Å²) in [6.45, 7) is 0. The molecule has 0 aromatic heterocycles. The Balaban J connectivity index is 1.50. The zero-order chi connectivity index (χ0) is 27.3. The van der Waals surface area contributed by atoms with E-state index in [0.717, 1.165) is 21.9 Å². The molecule has 2 aliphatic rings. The summed E-state index contributed by atoms with van der Waals surface area (Å²) >= 11 is 8.64. The number of nitro groups is 2. The van der Waals surface area contributed by atoms with Crippen molar-refractivity contribution in [2.24, 2.45) is 5.92 Å². The molecule has 0 radical (unpaired) electrons. The van der Waals surface area contributed by atoms with Gasteiger partial charge in [-0.05, 0) is 40.3 Å². The summed E-state index contributed by atoms with van der Waals surface area (Å²) in [5.41, 5.74) is 2.53. The van der Waals surface area contributed by atoms with Gasteiger partial charge in [0.2, 0.25) is 0 Å². The average Bonchev–Trinajstić information content (AvgIpc) is 3.27. The monoisotopic (exact) mass is 561 g/mol. The molecule has 1 aliphatic carbocycles. The van der Waals surface area contributed by atoms with Crippen LogP contribution in [0.3, 0.4) is 0 Å². The molecule has 4 aromatic carbocycles. The van der Waals surface area contributed by atoms with Gasteiger partial charge in [-0.3, -0.25) is 20.2 Å². The minimum atomic E-state index is -0.426. The van der Waals surface area contributed by atoms with Gasteiger partial charge in [-0.15, -0.1) is 23.4 Å². The minimum Gasteiger partial charge on any atom is -0.494 e. The Morgan fingerprint density at radius 2 is 1.69 bits per heavy atom. The lowest BCUT2D eigenvalue weighted by Gasteiger charge is -2.39. The Hall–Kier alpha value is -3.82. The zero-order valence-corrected chi connectivity index (χ0v) is 22.4. The van der Waals surface area contributed by atoms with Gasteiger partial charge in [0, 0.05) is 23.3 Å². The first kappa shape index (κ1) is 25.5. The SMILES string of the molecule is COc1cc([N+](=O)[O-])cc2c1N[C@@H](c1cccc3ccccc13)[C@H]1C[C@@H](Sc3ccccc3[N+](=O)[O-])[C@@H](Cl)[C@H]21. The van der Waals surface area contributed by atoms with Crippen molar-refractivity contribution >= 4 is 51.2 Å². The lowest BCUT2D eigenvalue weighted by molar-refractivity contribution is -0.387. The molecule has 1 aliphatic heterocycles. The fourth-order valence-electron chi connectivity index (χ4n) is 6.14. The molecule has 6 rings (SSSR count). The number of halogens is 1. The predicted molar refractivity (Wildman–Crippen MR) is 153 cm³/mol. The second-order valence-electron chi connectivity index (χ2n) is 9.81. The van der Waals surface area contributed by atoms with E-state index in [-0.39, 0.29) is 39.4 Å². The van der Waals surface area contributed by atoms with Crippen LogP contribution in [0.2, 0.25) is 0 Å². The number of nitrogens with one attached hydrogen (secondary N) is 1. The maximum atomic E-state index is 11.8. The zero-order valence-electron chi connectivity index (χ0n) is 20.8. The van der Waals surface area contributed by atoms with E-state index in [2.05, 4.69) is 29.6 Å². The summed E-state index contributed by atoms with van der Waals surface area (Å²) < 4.78 is 5.63. The van der Waals surface area contributed by atoms with Crippen LogP contribution in [0.1, 0.15) is 29.5 Å². The van der Waals surface area contributed by atoms with E-state index < -0.39 is 10.3 Å². The molecule has 0 amide bonds. The van der Waals surface area contributed by atoms with Crippen LogP contribution in [0.5, 0.6) is 5.75 Å². The molecule has 39 heavy (non-hydrogen) atoms. The van der Waals surface area contributed by atoms with E-state index in [1.54, 1.807) is 24.3 Å². The number of fused-ring (bicyclic) bond motifs is 4. The highest BCUT2D eigenvalue weighted by atomic mass is 35.5. The van der Waals surface area contributed by atoms with Gasteiger partial charge >= 0.3 is 0 Å². The largest absolute Gasteiger partial charge is 0.494 e. The summed E-state index contributed by atoms with van der Waals surface area (Å²) in [6.07, 6.45) is 0.668. The minimum absolute atomic E-state index is 0.0159. The number of methoxy groups -OCH3 is 1. The van der Waals surface area contributed by atoms with Crippen LogP contribution < -0.4 is 10.1 Å². The van der Waals surface area contributed by atoms with Gasteiger partial charge in [0.15, 0.2) is 0 Å². The van der Waals surface area contributed by atoms with E-state index in [1.807, 2.05) is 18.2 Å². The number of benzene rings is 4. The van der Waals surface area contributed by atoms with Crippen molar-refractivity contribution in [1.29, 1.82) is 0 Å². The highest BCUT2D eigenvalue weighted by Gasteiger charge is 2.51. The molecular formula is C29H24ClN3O5S. The van der Waals surface area contributed by atoms with Crippen molar-refractivity contribution < 1.29 is 14.6 Å². The smallest absolute Gasteiger partial charge is 0.282 e. The summed E-state index contributed by atoms with van der Waals surface area (Å²) in [5.74, 6) is 0.139. The predicted octanol–water partition coefficient (Wildman–Crippen LogP) is 7.70. The van der Waals surface area contributed by atoms with E-state index in [4.69, 9.17) is 16.3 Å². The number of ether oxygens (including phenoxy) is 1. The van der Waals surface area contributed by atoms with Crippen LogP contribution >= 0.6 is 23.4 Å². The first-order valence-electron chi connectivity index (χ1n) is 12.5. The molecule has 4 aromatic rings. The quantitative estimate of drug-likeness (QED) is 0.146. The standard InChI is InChI=1S/C29H24ClN3O5S/c1-38-23-14-17(32(34)35)13-20-26-21(15-25(27(26)30)39-24-12-5-4-11-22(24)33(36)37)28(31-29(20)23)19-10-6-8-16-7-2-3-9-18(16)19/h2-14,21,25-28,31H,15H2,1H3/t21-,25+,26+,27+,28-/m0/s1. The number of nitrogens with zero attached hydrogens (tertiary/aromatic N) is 2. The molecule has 0 bridgehead atoms. The van der Waals surface area contributed by atoms with Crippen LogP contribution in [0, 0.1) is 26.1 Å². The molecule has 0 saturated heterocycles. The van der Waals surface area contributed by atoms with Gasteiger partial charge in [-0.2, -0.15) is 0 Å². The number of hydrogen-bond donors (Lipinski definition) is 1. The van der Waals surface area contributed by atoms with Gasteiger partial charge in [-0.1, -0.05) is 54.6 Å². The first-order chi connectivity index (χ1) is 18.9. The molecule has 10 heteroatoms. The topological polar surface area (TPSA) is 108 Å². The molecule has 1 fully saturated rings. The van der Waals surface area contributed by atoms with E-state index in [9.17, 15) is 20.2 Å². The van der Waals surface area contributed by atoms with Crippen LogP contribution in [0.4, 0.5) is 17.1 Å². The van der Waals surface area contributed by atoms with Crippen molar-refractivity contribution in [3.63, 3.8) is 0 Å². The van der Waals surface area contributed by atoms with Crippen LogP contribution in [-0.2, 0) is 0 Å². The number of alkyl halides is 1. The van der Waals surface area contributed by atoms with Gasteiger partial charge in [0.1, 0.15) is 5.75 Å². The fraction of sp³-hybridized carbons (Fsp3) is 0.241. The molecule has 1 saturated carbocycles. The Kier molecular flexibility index (Phi) is 6.56. The summed E-state index contributed by atoms with van der Waals surface area (Å²) in [7, 11) is 1.50. The lowest BCUT2D eigenvalue weighted by atomic mass is 9.76. The van der Waals surface area contributed by atoms with Gasteiger partial charge in [-0.25, -0.2) is 0 Å². The second kappa shape index (κ2) is 10.1. The van der Waals surface area contributed by atoms with Crippen LogP contribution in [0.25, 0.3) is 10.8 Å². The maximum Gasteiger partial charge on any atom is 0.282 e. The Labute approximate surface area is 233 Å². The Morgan fingerprint density at radius 3 is 2.46 bits per heavy atom. The van der Waals surface area contributed by atoms with Crippen molar-refractivity contribution in [2.45, 2.75) is 33.9 Å². The third kappa shape index (κ3) is 4.35. The normalized spacial score (nSPS) is 23.5. The summed E-state index contributed by atoms with van der Waals surface area (Å²) in [6, 6.07) is 23.9. The van der Waals surface area contributed by atoms with Crippen LogP contribution in [-0.4, -0.2) is 27.6 Å². The van der Waals surface area contributed by atoms with Gasteiger partial charge in [0.25, 0.3) is 11.4 Å². The molecule has 0 unspecified atom stereocenters. The highest BCUT2D eigenvalue weighted by molar-refractivity contribution is 8.00.